The number of alkyl halides is 1. The Balaban J connectivity index is 3.97. The van der Waals surface area contributed by atoms with Gasteiger partial charge >= 0.3 is 5.97 Å². The van der Waals surface area contributed by atoms with Gasteiger partial charge in [0.05, 0.1) is 0 Å². The van der Waals surface area contributed by atoms with Crippen molar-refractivity contribution in [3.05, 3.63) is 10.4 Å². The number of aliphatic carboxylic acids is 1. The van der Waals surface area contributed by atoms with Crippen LogP contribution < -0.4 is 0 Å². The fraction of sp³-hybridized carbons (Fsp3) is 0.750. The summed E-state index contributed by atoms with van der Waals surface area (Å²) in [5, 5.41) is 11.9. The summed E-state index contributed by atoms with van der Waals surface area (Å²) in [4.78, 5) is 12.6. The minimum absolute atomic E-state index is 0.319. The number of nitrogens with zero attached hydrogens (tertiary/aromatic N) is 3. The summed E-state index contributed by atoms with van der Waals surface area (Å²) < 4.78 is 0. The molecule has 0 aromatic rings. The van der Waals surface area contributed by atoms with Crippen molar-refractivity contribution in [1.82, 2.24) is 0 Å². The number of hydrogen-bond acceptors (Lipinski definition) is 2. The van der Waals surface area contributed by atoms with Crippen LogP contribution in [0.5, 0.6) is 0 Å². The van der Waals surface area contributed by atoms with Gasteiger partial charge in [0.2, 0.25) is 0 Å². The zero-order valence-corrected chi connectivity index (χ0v) is 6.65. The van der Waals surface area contributed by atoms with Crippen LogP contribution in [0.1, 0.15) is 6.42 Å². The third-order valence-electron chi connectivity index (χ3n) is 0.859. The molecule has 0 aromatic carbocycles. The van der Waals surface area contributed by atoms with E-state index in [-0.39, 0.29) is 0 Å². The first kappa shape index (κ1) is 9.26. The molecule has 0 bridgehead atoms. The Kier molecular flexibility index (Phi) is 4.70. The van der Waals surface area contributed by atoms with Crippen molar-refractivity contribution >= 4 is 21.9 Å². The Bertz CT molecular complexity index is 164. The highest BCUT2D eigenvalue weighted by atomic mass is 79.9. The topological polar surface area (TPSA) is 86.1 Å². The largest absolute Gasteiger partial charge is 0.481 e. The van der Waals surface area contributed by atoms with Gasteiger partial charge in [-0.2, -0.15) is 0 Å². The molecule has 0 rings (SSSR count). The molecule has 5 nitrogen and oxygen atoms in total. The number of halogens is 1. The van der Waals surface area contributed by atoms with Gasteiger partial charge in [0.15, 0.2) is 0 Å². The predicted molar refractivity (Wildman–Crippen MR) is 39.0 cm³/mol. The van der Waals surface area contributed by atoms with Gasteiger partial charge in [0, 0.05) is 10.2 Å². The van der Waals surface area contributed by atoms with Crippen molar-refractivity contribution < 1.29 is 9.90 Å². The summed E-state index contributed by atoms with van der Waals surface area (Å²) in [6.07, 6.45) is 0.319. The van der Waals surface area contributed by atoms with E-state index in [0.717, 1.165) is 0 Å². The van der Waals surface area contributed by atoms with Crippen LogP contribution in [0.15, 0.2) is 5.11 Å². The molecule has 0 fully saturated rings. The molecule has 0 aromatic heterocycles. The van der Waals surface area contributed by atoms with E-state index < -0.39 is 12.0 Å². The first-order chi connectivity index (χ1) is 4.72. The second-order valence-corrected chi connectivity index (χ2v) is 2.33. The van der Waals surface area contributed by atoms with Gasteiger partial charge in [-0.1, -0.05) is 21.0 Å². The van der Waals surface area contributed by atoms with Crippen molar-refractivity contribution in [1.29, 1.82) is 0 Å². The predicted octanol–water partition coefficient (Wildman–Crippen LogP) is 1.53. The summed E-state index contributed by atoms with van der Waals surface area (Å²) in [5.74, 6) is -1.09. The van der Waals surface area contributed by atoms with E-state index in [1.807, 2.05) is 0 Å². The average Bonchev–Trinajstić information content (AvgIpc) is 1.87. The monoisotopic (exact) mass is 207 g/mol. The van der Waals surface area contributed by atoms with E-state index in [1.54, 1.807) is 0 Å². The highest BCUT2D eigenvalue weighted by Crippen LogP contribution is 2.01. The van der Waals surface area contributed by atoms with Crippen LogP contribution in [0.4, 0.5) is 0 Å². The van der Waals surface area contributed by atoms with Crippen LogP contribution in [0, 0.1) is 0 Å². The summed E-state index contributed by atoms with van der Waals surface area (Å²) in [5.41, 5.74) is 7.89. The quantitative estimate of drug-likeness (QED) is 0.328. The lowest BCUT2D eigenvalue weighted by Crippen LogP contribution is -2.17. The normalized spacial score (nSPS) is 11.7. The second-order valence-electron chi connectivity index (χ2n) is 1.54. The molecule has 0 saturated carbocycles. The Hall–Kier alpha value is -0.740. The van der Waals surface area contributed by atoms with Crippen molar-refractivity contribution in [3.8, 4) is 0 Å². The summed E-state index contributed by atoms with van der Waals surface area (Å²) in [7, 11) is 0. The van der Waals surface area contributed by atoms with Crippen molar-refractivity contribution in [3.63, 3.8) is 0 Å². The van der Waals surface area contributed by atoms with E-state index in [9.17, 15) is 4.79 Å². The zero-order chi connectivity index (χ0) is 7.98. The fourth-order valence-corrected chi connectivity index (χ4v) is 0.830. The molecule has 0 aliphatic rings. The molecule has 0 heterocycles. The van der Waals surface area contributed by atoms with Crippen molar-refractivity contribution in [2.75, 3.05) is 5.33 Å². The number of carbonyl (C=O) groups is 1. The van der Waals surface area contributed by atoms with Crippen LogP contribution in [0.3, 0.4) is 0 Å². The molecule has 0 amide bonds. The van der Waals surface area contributed by atoms with Crippen LogP contribution in [-0.2, 0) is 4.79 Å². The van der Waals surface area contributed by atoms with Gasteiger partial charge in [0.1, 0.15) is 6.04 Å². The van der Waals surface area contributed by atoms with Crippen molar-refractivity contribution in [2.24, 2.45) is 5.11 Å². The molecule has 1 N–H and O–H groups in total. The number of azide groups is 1. The summed E-state index contributed by atoms with van der Waals surface area (Å²) in [6, 6.07) is -0.940. The summed E-state index contributed by atoms with van der Waals surface area (Å²) >= 11 is 3.04. The van der Waals surface area contributed by atoms with E-state index >= 15 is 0 Å². The van der Waals surface area contributed by atoms with E-state index in [0.29, 0.717) is 11.8 Å². The molecule has 56 valence electrons. The molecular formula is C4H6BrN3O2. The lowest BCUT2D eigenvalue weighted by atomic mass is 10.2. The smallest absolute Gasteiger partial charge is 0.312 e. The first-order valence-corrected chi connectivity index (χ1v) is 3.67. The second kappa shape index (κ2) is 5.08. The molecule has 0 radical (unpaired) electrons. The Morgan fingerprint density at radius 2 is 2.50 bits per heavy atom. The molecule has 10 heavy (non-hydrogen) atoms. The molecule has 1 unspecified atom stereocenters. The number of carboxylic acids is 1. The standard InChI is InChI=1S/C4H6BrN3O2/c5-2-1-3(4(9)10)7-8-6/h3H,1-2H2,(H,9,10). The molecule has 6 heteroatoms. The number of carboxylic acid groups (broad SMARTS) is 1. The molecule has 0 saturated heterocycles. The van der Waals surface area contributed by atoms with Gasteiger partial charge in [0.25, 0.3) is 0 Å². The zero-order valence-electron chi connectivity index (χ0n) is 5.07. The molecule has 1 atom stereocenters. The third-order valence-corrected chi connectivity index (χ3v) is 1.32. The van der Waals surface area contributed by atoms with E-state index in [1.165, 1.54) is 0 Å². The highest BCUT2D eigenvalue weighted by molar-refractivity contribution is 9.09. The van der Waals surface area contributed by atoms with Crippen molar-refractivity contribution in [2.45, 2.75) is 12.5 Å². The van der Waals surface area contributed by atoms with Gasteiger partial charge < -0.3 is 5.11 Å². The number of rotatable bonds is 4. The van der Waals surface area contributed by atoms with Crippen LogP contribution >= 0.6 is 15.9 Å². The first-order valence-electron chi connectivity index (χ1n) is 2.55. The Morgan fingerprint density at radius 1 is 1.90 bits per heavy atom. The van der Waals surface area contributed by atoms with Gasteiger partial charge in [-0.3, -0.25) is 4.79 Å². The maximum absolute atomic E-state index is 10.2. The molecular weight excluding hydrogens is 202 g/mol. The van der Waals surface area contributed by atoms with Gasteiger partial charge in [-0.05, 0) is 12.0 Å². The third kappa shape index (κ3) is 3.32. The van der Waals surface area contributed by atoms with E-state index in [4.69, 9.17) is 10.6 Å². The minimum Gasteiger partial charge on any atom is -0.481 e. The maximum atomic E-state index is 10.2. The summed E-state index contributed by atoms with van der Waals surface area (Å²) in [6.45, 7) is 0. The molecule has 0 aliphatic heterocycles. The molecule has 0 spiro atoms. The van der Waals surface area contributed by atoms with Gasteiger partial charge in [-0.15, -0.1) is 0 Å². The molecule has 0 aliphatic carbocycles. The fourth-order valence-electron chi connectivity index (χ4n) is 0.396. The van der Waals surface area contributed by atoms with E-state index in [2.05, 4.69) is 26.0 Å². The SMILES string of the molecule is [N-]=[N+]=NC(CCBr)C(=O)O. The van der Waals surface area contributed by atoms with Crippen LogP contribution in [0.25, 0.3) is 10.4 Å². The highest BCUT2D eigenvalue weighted by Gasteiger charge is 2.13. The lowest BCUT2D eigenvalue weighted by Gasteiger charge is -1.99. The van der Waals surface area contributed by atoms with Crippen LogP contribution in [-0.4, -0.2) is 22.4 Å². The lowest BCUT2D eigenvalue weighted by molar-refractivity contribution is -0.138. The van der Waals surface area contributed by atoms with Crippen LogP contribution in [0.2, 0.25) is 0 Å². The Morgan fingerprint density at radius 3 is 2.80 bits per heavy atom. The Labute approximate surface area is 65.8 Å². The maximum Gasteiger partial charge on any atom is 0.312 e. The average molecular weight is 208 g/mol. The number of hydrogen-bond donors (Lipinski definition) is 1. The van der Waals surface area contributed by atoms with Gasteiger partial charge in [-0.25, -0.2) is 0 Å². The minimum atomic E-state index is -1.09.